The van der Waals surface area contributed by atoms with E-state index in [4.69, 9.17) is 37.0 Å². The van der Waals surface area contributed by atoms with E-state index in [1.807, 2.05) is 0 Å². The summed E-state index contributed by atoms with van der Waals surface area (Å²) >= 11 is 0. The molecule has 3 N–H and O–H groups in total. The molecular formula is C83H162O17P2. The van der Waals surface area contributed by atoms with Gasteiger partial charge in [0.1, 0.15) is 19.3 Å². The zero-order valence-electron chi connectivity index (χ0n) is 66.9. The summed E-state index contributed by atoms with van der Waals surface area (Å²) in [4.78, 5) is 73.0. The van der Waals surface area contributed by atoms with Crippen LogP contribution in [0.3, 0.4) is 0 Å². The van der Waals surface area contributed by atoms with Crippen molar-refractivity contribution in [1.29, 1.82) is 0 Å². The van der Waals surface area contributed by atoms with Gasteiger partial charge in [0.25, 0.3) is 0 Å². The number of unbranched alkanes of at least 4 members (excludes halogenated alkanes) is 50. The van der Waals surface area contributed by atoms with E-state index in [1.165, 1.54) is 250 Å². The van der Waals surface area contributed by atoms with Crippen molar-refractivity contribution in [3.05, 3.63) is 0 Å². The van der Waals surface area contributed by atoms with E-state index in [-0.39, 0.29) is 25.7 Å². The van der Waals surface area contributed by atoms with E-state index < -0.39 is 97.5 Å². The summed E-state index contributed by atoms with van der Waals surface area (Å²) < 4.78 is 68.7. The van der Waals surface area contributed by atoms with E-state index in [1.54, 1.807) is 0 Å². The van der Waals surface area contributed by atoms with Gasteiger partial charge in [0.15, 0.2) is 12.2 Å². The van der Waals surface area contributed by atoms with Gasteiger partial charge in [-0.3, -0.25) is 37.3 Å². The summed E-state index contributed by atoms with van der Waals surface area (Å²) in [6.45, 7) is 9.66. The molecule has 0 bridgehead atoms. The SMILES string of the molecule is CCCCCCCCCCCCCCCCCCCCCC(=O)OC[C@H](COP(=O)(O)OC[C@@H](O)COP(=O)(O)OC[C@@H](COC(=O)CCCCCCCCC(C)CC)OC(=O)CCCCCCCCCCCCC)OC(=O)CCCCCCCCCCCCCCCCCCCCC(C)CC. The lowest BCUT2D eigenvalue weighted by atomic mass is 9.99. The van der Waals surface area contributed by atoms with E-state index in [0.717, 1.165) is 108 Å². The number of hydrogen-bond donors (Lipinski definition) is 3. The Balaban J connectivity index is 5.20. The van der Waals surface area contributed by atoms with Gasteiger partial charge in [-0.1, -0.05) is 388 Å². The second-order valence-electron chi connectivity index (χ2n) is 30.4. The van der Waals surface area contributed by atoms with Crippen LogP contribution in [-0.2, 0) is 65.4 Å². The fourth-order valence-corrected chi connectivity index (χ4v) is 14.4. The first-order chi connectivity index (χ1) is 49.4. The van der Waals surface area contributed by atoms with Gasteiger partial charge in [-0.25, -0.2) is 9.13 Å². The molecular weight excluding hydrogens is 1330 g/mol. The Morgan fingerprint density at radius 2 is 0.471 bits per heavy atom. The lowest BCUT2D eigenvalue weighted by Gasteiger charge is -2.21. The second-order valence-corrected chi connectivity index (χ2v) is 33.3. The summed E-state index contributed by atoms with van der Waals surface area (Å²) in [6, 6.07) is 0. The van der Waals surface area contributed by atoms with Gasteiger partial charge in [0.05, 0.1) is 26.4 Å². The zero-order valence-corrected chi connectivity index (χ0v) is 68.7. The van der Waals surface area contributed by atoms with Gasteiger partial charge >= 0.3 is 39.5 Å². The van der Waals surface area contributed by atoms with Crippen LogP contribution in [0.4, 0.5) is 0 Å². The molecule has 0 aliphatic carbocycles. The maximum absolute atomic E-state index is 13.1. The fourth-order valence-electron chi connectivity index (χ4n) is 12.8. The highest BCUT2D eigenvalue weighted by molar-refractivity contribution is 7.47. The minimum Gasteiger partial charge on any atom is -0.462 e. The zero-order chi connectivity index (χ0) is 74.9. The topological polar surface area (TPSA) is 237 Å². The van der Waals surface area contributed by atoms with Crippen LogP contribution in [0.1, 0.15) is 440 Å². The van der Waals surface area contributed by atoms with Gasteiger partial charge in [-0.05, 0) is 37.5 Å². The smallest absolute Gasteiger partial charge is 0.462 e. The van der Waals surface area contributed by atoms with Crippen molar-refractivity contribution < 1.29 is 80.2 Å². The maximum Gasteiger partial charge on any atom is 0.472 e. The summed E-state index contributed by atoms with van der Waals surface area (Å²) in [5.74, 6) is -0.506. The van der Waals surface area contributed by atoms with E-state index in [2.05, 4.69) is 41.5 Å². The first-order valence-corrected chi connectivity index (χ1v) is 46.1. The Morgan fingerprint density at radius 1 is 0.275 bits per heavy atom. The number of aliphatic hydroxyl groups excluding tert-OH is 1. The van der Waals surface area contributed by atoms with Crippen LogP contribution in [0.5, 0.6) is 0 Å². The molecule has 102 heavy (non-hydrogen) atoms. The lowest BCUT2D eigenvalue weighted by Crippen LogP contribution is -2.30. The first-order valence-electron chi connectivity index (χ1n) is 43.1. The van der Waals surface area contributed by atoms with Crippen LogP contribution in [0.2, 0.25) is 0 Å². The number of phosphoric ester groups is 2. The lowest BCUT2D eigenvalue weighted by molar-refractivity contribution is -0.161. The van der Waals surface area contributed by atoms with Gasteiger partial charge in [0, 0.05) is 25.7 Å². The Morgan fingerprint density at radius 3 is 0.696 bits per heavy atom. The van der Waals surface area contributed by atoms with Crippen LogP contribution in [-0.4, -0.2) is 96.7 Å². The molecule has 0 rings (SSSR count). The van der Waals surface area contributed by atoms with Crippen LogP contribution >= 0.6 is 15.6 Å². The van der Waals surface area contributed by atoms with Gasteiger partial charge in [-0.15, -0.1) is 0 Å². The Labute approximate surface area is 626 Å². The standard InChI is InChI=1S/C83H162O17P2/c1-7-11-13-15-17-19-21-22-23-24-25-29-32-35-39-42-46-53-59-65-80(85)93-71-78(99-83(88)68-62-56-48-44-40-36-33-30-27-26-28-31-34-38-41-45-51-57-63-75(5)9-3)73-97-101(89,90)95-69-77(84)70-96-102(91,92)98-74-79(72-94-81(86)66-60-54-50-49-52-58-64-76(6)10-4)100-82(87)67-61-55-47-43-37-20-18-16-14-12-8-2/h75-79,84H,7-74H2,1-6H3,(H,89,90)(H,91,92)/t75?,76?,77-,78-,79-/m1/s1. The average Bonchev–Trinajstić information content (AvgIpc) is 0.931. The minimum atomic E-state index is -4.96. The number of carbonyl (C=O) groups excluding carboxylic acids is 4. The number of aliphatic hydroxyl groups is 1. The molecule has 0 aromatic heterocycles. The highest BCUT2D eigenvalue weighted by Gasteiger charge is 2.30. The summed E-state index contributed by atoms with van der Waals surface area (Å²) in [5, 5.41) is 10.6. The van der Waals surface area contributed by atoms with Crippen LogP contribution in [0.15, 0.2) is 0 Å². The molecule has 0 radical (unpaired) electrons. The van der Waals surface area contributed by atoms with Crippen molar-refractivity contribution >= 4 is 39.5 Å². The second kappa shape index (κ2) is 74.5. The third-order valence-corrected chi connectivity index (χ3v) is 22.1. The molecule has 0 aromatic carbocycles. The maximum atomic E-state index is 13.1. The molecule has 0 spiro atoms. The molecule has 0 fully saturated rings. The quantitative estimate of drug-likeness (QED) is 0.0222. The van der Waals surface area contributed by atoms with E-state index in [9.17, 15) is 43.2 Å². The molecule has 0 aliphatic rings. The normalized spacial score (nSPS) is 14.4. The number of hydrogen-bond acceptors (Lipinski definition) is 15. The largest absolute Gasteiger partial charge is 0.472 e. The van der Waals surface area contributed by atoms with Crippen molar-refractivity contribution in [2.24, 2.45) is 11.8 Å². The Hall–Kier alpha value is -1.94. The number of esters is 4. The van der Waals surface area contributed by atoms with Gasteiger partial charge < -0.3 is 33.8 Å². The van der Waals surface area contributed by atoms with E-state index in [0.29, 0.717) is 25.7 Å². The first kappa shape index (κ1) is 100. The molecule has 0 amide bonds. The van der Waals surface area contributed by atoms with Crippen molar-refractivity contribution in [3.63, 3.8) is 0 Å². The molecule has 606 valence electrons. The minimum absolute atomic E-state index is 0.106. The molecule has 0 saturated heterocycles. The Bertz CT molecular complexity index is 1960. The van der Waals surface area contributed by atoms with Gasteiger partial charge in [0.2, 0.25) is 0 Å². The molecule has 17 nitrogen and oxygen atoms in total. The number of rotatable bonds is 82. The predicted molar refractivity (Wildman–Crippen MR) is 418 cm³/mol. The summed E-state index contributed by atoms with van der Waals surface area (Å²) in [7, 11) is -9.92. The van der Waals surface area contributed by atoms with Crippen LogP contribution in [0, 0.1) is 11.8 Å². The number of ether oxygens (including phenoxy) is 4. The molecule has 4 unspecified atom stereocenters. The molecule has 0 saturated carbocycles. The highest BCUT2D eigenvalue weighted by atomic mass is 31.2. The summed E-state index contributed by atoms with van der Waals surface area (Å²) in [6.07, 6.45) is 65.3. The highest BCUT2D eigenvalue weighted by Crippen LogP contribution is 2.45. The predicted octanol–water partition coefficient (Wildman–Crippen LogP) is 25.1. The van der Waals surface area contributed by atoms with E-state index >= 15 is 0 Å². The molecule has 0 heterocycles. The third kappa shape index (κ3) is 73.6. The molecule has 0 aliphatic heterocycles. The van der Waals surface area contributed by atoms with Crippen molar-refractivity contribution in [3.8, 4) is 0 Å². The molecule has 19 heteroatoms. The van der Waals surface area contributed by atoms with Crippen molar-refractivity contribution in [2.75, 3.05) is 39.6 Å². The van der Waals surface area contributed by atoms with Crippen LogP contribution < -0.4 is 0 Å². The molecule has 0 aromatic rings. The van der Waals surface area contributed by atoms with Crippen molar-refractivity contribution in [1.82, 2.24) is 0 Å². The monoisotopic (exact) mass is 1490 g/mol. The Kier molecular flexibility index (Phi) is 73.1. The number of phosphoric acid groups is 2. The van der Waals surface area contributed by atoms with Gasteiger partial charge in [-0.2, -0.15) is 0 Å². The summed E-state index contributed by atoms with van der Waals surface area (Å²) in [5.41, 5.74) is 0. The van der Waals surface area contributed by atoms with Crippen LogP contribution in [0.25, 0.3) is 0 Å². The molecule has 7 atom stereocenters. The average molecular weight is 1490 g/mol. The van der Waals surface area contributed by atoms with Crippen molar-refractivity contribution in [2.45, 2.75) is 458 Å². The fraction of sp³-hybridized carbons (Fsp3) is 0.952. The number of carbonyl (C=O) groups is 4. The third-order valence-electron chi connectivity index (χ3n) is 20.2.